The number of carbonyl (C=O) groups is 1. The van der Waals surface area contributed by atoms with E-state index in [1.165, 1.54) is 18.2 Å². The molecular formula is C24H26N10O3. The quantitative estimate of drug-likeness (QED) is 0.414. The van der Waals surface area contributed by atoms with Gasteiger partial charge in [-0.2, -0.15) is 15.0 Å². The maximum Gasteiger partial charge on any atom is 0.409 e. The van der Waals surface area contributed by atoms with Gasteiger partial charge < -0.3 is 20.1 Å². The summed E-state index contributed by atoms with van der Waals surface area (Å²) in [7, 11) is 1.32. The number of β-amino-alcohol motifs (C(OH)–C–C–N with tert-alkyl or cyclic N) is 1. The molecule has 0 bridgehead atoms. The number of hydrogen-bond donors (Lipinski definition) is 2. The number of aromatic nitrogens is 7. The van der Waals surface area contributed by atoms with Crippen LogP contribution >= 0.6 is 0 Å². The number of aliphatic hydroxyl groups is 1. The summed E-state index contributed by atoms with van der Waals surface area (Å²) >= 11 is 0. The van der Waals surface area contributed by atoms with Crippen LogP contribution in [0.5, 0.6) is 0 Å². The Balaban J connectivity index is 1.45. The summed E-state index contributed by atoms with van der Waals surface area (Å²) in [6, 6.07) is 5.48. The van der Waals surface area contributed by atoms with E-state index in [9.17, 15) is 9.90 Å². The summed E-state index contributed by atoms with van der Waals surface area (Å²) < 4.78 is 8.02. The molecule has 4 aromatic heterocycles. The fourth-order valence-electron chi connectivity index (χ4n) is 4.43. The zero-order valence-corrected chi connectivity index (χ0v) is 20.6. The van der Waals surface area contributed by atoms with Crippen LogP contribution in [0.4, 0.5) is 10.5 Å². The summed E-state index contributed by atoms with van der Waals surface area (Å²) in [5.74, 6) is 0.553. The Kier molecular flexibility index (Phi) is 6.41. The summed E-state index contributed by atoms with van der Waals surface area (Å²) in [4.78, 5) is 22.3. The predicted molar refractivity (Wildman–Crippen MR) is 133 cm³/mol. The molecule has 1 aliphatic rings. The van der Waals surface area contributed by atoms with Gasteiger partial charge in [-0.1, -0.05) is 5.21 Å². The molecule has 1 fully saturated rings. The van der Waals surface area contributed by atoms with E-state index in [0.717, 1.165) is 16.6 Å². The number of fused-ring (bicyclic) bond motifs is 1. The second kappa shape index (κ2) is 9.82. The molecule has 1 amide bonds. The lowest BCUT2D eigenvalue weighted by Gasteiger charge is -2.34. The lowest BCUT2D eigenvalue weighted by Crippen LogP contribution is -2.47. The zero-order chi connectivity index (χ0) is 26.1. The van der Waals surface area contributed by atoms with E-state index >= 15 is 0 Å². The third-order valence-corrected chi connectivity index (χ3v) is 6.19. The van der Waals surface area contributed by atoms with Gasteiger partial charge in [0.1, 0.15) is 11.8 Å². The van der Waals surface area contributed by atoms with Crippen LogP contribution in [0, 0.1) is 11.3 Å². The Bertz CT molecular complexity index is 1490. The monoisotopic (exact) mass is 502 g/mol. The molecule has 2 atom stereocenters. The molecule has 0 aliphatic carbocycles. The highest BCUT2D eigenvalue weighted by molar-refractivity contribution is 5.79. The summed E-state index contributed by atoms with van der Waals surface area (Å²) in [5.41, 5.74) is 3.16. The van der Waals surface area contributed by atoms with Crippen molar-refractivity contribution in [2.75, 3.05) is 25.5 Å². The molecule has 1 saturated heterocycles. The first-order valence-corrected chi connectivity index (χ1v) is 11.8. The second-order valence-electron chi connectivity index (χ2n) is 9.12. The number of anilines is 1. The van der Waals surface area contributed by atoms with E-state index in [-0.39, 0.29) is 18.6 Å². The van der Waals surface area contributed by atoms with Crippen molar-refractivity contribution < 1.29 is 14.6 Å². The number of carbonyl (C=O) groups excluding carboxylic acids is 1. The van der Waals surface area contributed by atoms with Crippen LogP contribution in [0.2, 0.25) is 0 Å². The number of pyridine rings is 2. The molecule has 1 aliphatic heterocycles. The van der Waals surface area contributed by atoms with E-state index < -0.39 is 12.2 Å². The highest BCUT2D eigenvalue weighted by atomic mass is 16.5. The van der Waals surface area contributed by atoms with Gasteiger partial charge in [0.15, 0.2) is 11.5 Å². The molecule has 0 radical (unpaired) electrons. The molecule has 0 saturated carbocycles. The molecule has 13 heteroatoms. The molecular weight excluding hydrogens is 476 g/mol. The van der Waals surface area contributed by atoms with Crippen LogP contribution in [0.1, 0.15) is 31.9 Å². The highest BCUT2D eigenvalue weighted by Gasteiger charge is 2.32. The lowest BCUT2D eigenvalue weighted by atomic mass is 10.0. The predicted octanol–water partition coefficient (Wildman–Crippen LogP) is 2.14. The number of aliphatic hydroxyl groups excluding tert-OH is 1. The molecule has 0 aromatic carbocycles. The van der Waals surface area contributed by atoms with Crippen LogP contribution in [0.3, 0.4) is 0 Å². The molecule has 4 aromatic rings. The minimum absolute atomic E-state index is 0.124. The molecule has 0 unspecified atom stereocenters. The van der Waals surface area contributed by atoms with Gasteiger partial charge in [0, 0.05) is 47.7 Å². The number of ether oxygens (including phenoxy) is 1. The van der Waals surface area contributed by atoms with Crippen LogP contribution in [0.25, 0.3) is 28.1 Å². The van der Waals surface area contributed by atoms with Crippen LogP contribution in [-0.4, -0.2) is 83.2 Å². The smallest absolute Gasteiger partial charge is 0.409 e. The Hall–Kier alpha value is -4.57. The van der Waals surface area contributed by atoms with Crippen LogP contribution in [-0.2, 0) is 4.74 Å². The zero-order valence-electron chi connectivity index (χ0n) is 20.6. The standard InChI is InChI=1S/C24H26N10O3/c1-14(2)29-18-7-22(34-23-16(10-28-34)6-15(8-25)9-27-23)26-11-17(18)19-12-33(31-30-19)20-4-5-32(13-21(20)35)24(36)37-3/h6-7,9-12,14,20-21,35H,4-5,13H2,1-3H3,(H,26,29)/t20-,21-/m1/s1. The first-order valence-electron chi connectivity index (χ1n) is 11.8. The maximum absolute atomic E-state index is 11.8. The minimum Gasteiger partial charge on any atom is -0.453 e. The minimum atomic E-state index is -0.807. The summed E-state index contributed by atoms with van der Waals surface area (Å²) in [6.45, 7) is 4.66. The fourth-order valence-corrected chi connectivity index (χ4v) is 4.43. The Labute approximate surface area is 212 Å². The van der Waals surface area contributed by atoms with Gasteiger partial charge in [-0.25, -0.2) is 19.4 Å². The lowest BCUT2D eigenvalue weighted by molar-refractivity contribution is 0.0206. The average molecular weight is 503 g/mol. The Morgan fingerprint density at radius 3 is 2.84 bits per heavy atom. The van der Waals surface area contributed by atoms with Crippen molar-refractivity contribution in [3.8, 4) is 23.1 Å². The molecule has 37 heavy (non-hydrogen) atoms. The van der Waals surface area contributed by atoms with Gasteiger partial charge >= 0.3 is 6.09 Å². The van der Waals surface area contributed by atoms with Crippen LogP contribution < -0.4 is 5.32 Å². The molecule has 5 heterocycles. The molecule has 13 nitrogen and oxygen atoms in total. The third kappa shape index (κ3) is 4.66. The summed E-state index contributed by atoms with van der Waals surface area (Å²) in [5, 5.41) is 37.0. The Morgan fingerprint density at radius 1 is 1.27 bits per heavy atom. The molecule has 190 valence electrons. The molecule has 0 spiro atoms. The van der Waals surface area contributed by atoms with E-state index in [0.29, 0.717) is 35.7 Å². The Morgan fingerprint density at radius 2 is 2.11 bits per heavy atom. The summed E-state index contributed by atoms with van der Waals surface area (Å²) in [6.07, 6.45) is 5.87. The van der Waals surface area contributed by atoms with Crippen molar-refractivity contribution in [3.63, 3.8) is 0 Å². The van der Waals surface area contributed by atoms with Crippen molar-refractivity contribution in [1.82, 2.24) is 39.6 Å². The number of nitrogens with one attached hydrogen (secondary N) is 1. The number of piperidine rings is 1. The van der Waals surface area contributed by atoms with Gasteiger partial charge in [-0.15, -0.1) is 5.10 Å². The fraction of sp³-hybridized carbons (Fsp3) is 0.375. The van der Waals surface area contributed by atoms with E-state index in [1.807, 2.05) is 19.9 Å². The van der Waals surface area contributed by atoms with Crippen LogP contribution in [0.15, 0.2) is 36.9 Å². The van der Waals surface area contributed by atoms with Crippen molar-refractivity contribution in [2.24, 2.45) is 0 Å². The van der Waals surface area contributed by atoms with Crippen molar-refractivity contribution in [1.29, 1.82) is 5.26 Å². The van der Waals surface area contributed by atoms with E-state index in [4.69, 9.17) is 10.00 Å². The number of hydrogen-bond acceptors (Lipinski definition) is 10. The van der Waals surface area contributed by atoms with E-state index in [2.05, 4.69) is 36.8 Å². The van der Waals surface area contributed by atoms with Gasteiger partial charge in [0.2, 0.25) is 0 Å². The second-order valence-corrected chi connectivity index (χ2v) is 9.12. The third-order valence-electron chi connectivity index (χ3n) is 6.19. The van der Waals surface area contributed by atoms with Gasteiger partial charge in [-0.05, 0) is 26.3 Å². The number of likely N-dealkylation sites (tertiary alicyclic amines) is 1. The number of nitrogens with zero attached hydrogens (tertiary/aromatic N) is 9. The normalized spacial score (nSPS) is 17.7. The maximum atomic E-state index is 11.8. The number of rotatable bonds is 5. The largest absolute Gasteiger partial charge is 0.453 e. The first kappa shape index (κ1) is 24.1. The highest BCUT2D eigenvalue weighted by Crippen LogP contribution is 2.30. The van der Waals surface area contributed by atoms with Crippen molar-refractivity contribution in [3.05, 3.63) is 42.5 Å². The van der Waals surface area contributed by atoms with E-state index in [1.54, 1.807) is 34.0 Å². The molecule has 5 rings (SSSR count). The topological polar surface area (TPSA) is 160 Å². The van der Waals surface area contributed by atoms with Gasteiger partial charge in [0.25, 0.3) is 0 Å². The van der Waals surface area contributed by atoms with Crippen molar-refractivity contribution >= 4 is 22.8 Å². The van der Waals surface area contributed by atoms with Gasteiger partial charge in [-0.3, -0.25) is 0 Å². The number of amides is 1. The number of nitriles is 1. The van der Waals surface area contributed by atoms with Crippen molar-refractivity contribution in [2.45, 2.75) is 38.5 Å². The average Bonchev–Trinajstić information content (AvgIpc) is 3.55. The SMILES string of the molecule is COC(=O)N1CC[C@@H](n2cc(-c3cnc(-n4ncc5cc(C#N)cnc54)cc3NC(C)C)nn2)[C@H](O)C1. The van der Waals surface area contributed by atoms with Gasteiger partial charge in [0.05, 0.1) is 43.8 Å². The first-order chi connectivity index (χ1) is 17.9. The number of methoxy groups -OCH3 is 1. The molecule has 2 N–H and O–H groups in total.